The van der Waals surface area contributed by atoms with Crippen molar-refractivity contribution < 1.29 is 0 Å². The molecule has 0 saturated heterocycles. The van der Waals surface area contributed by atoms with Crippen molar-refractivity contribution in [1.82, 2.24) is 20.3 Å². The highest BCUT2D eigenvalue weighted by Gasteiger charge is 2.29. The summed E-state index contributed by atoms with van der Waals surface area (Å²) in [5.74, 6) is 1.59. The lowest BCUT2D eigenvalue weighted by Gasteiger charge is -2.33. The van der Waals surface area contributed by atoms with E-state index in [0.29, 0.717) is 6.04 Å². The van der Waals surface area contributed by atoms with Crippen LogP contribution in [-0.2, 0) is 6.54 Å². The van der Waals surface area contributed by atoms with Gasteiger partial charge in [-0.3, -0.25) is 0 Å². The molecule has 1 heterocycles. The molecule has 1 aromatic heterocycles. The van der Waals surface area contributed by atoms with E-state index in [0.717, 1.165) is 24.9 Å². The zero-order chi connectivity index (χ0) is 13.0. The third kappa shape index (κ3) is 2.91. The largest absolute Gasteiger partial charge is 0.309 e. The van der Waals surface area contributed by atoms with E-state index in [1.807, 2.05) is 10.9 Å². The van der Waals surface area contributed by atoms with Gasteiger partial charge < -0.3 is 5.32 Å². The number of aryl methyl sites for hydroxylation is 1. The standard InChI is InChI=1S/C14H26N4/c1-4-15-14(12-8-6-7-11(3)9-12)13-10-16-17-18(13)5-2/h10-12,14-15H,4-9H2,1-3H3. The fourth-order valence-electron chi connectivity index (χ4n) is 3.27. The molecule has 1 fully saturated rings. The van der Waals surface area contributed by atoms with Gasteiger partial charge in [0, 0.05) is 6.54 Å². The summed E-state index contributed by atoms with van der Waals surface area (Å²) in [6, 6.07) is 0.424. The molecule has 4 heteroatoms. The first-order valence-corrected chi connectivity index (χ1v) is 7.38. The van der Waals surface area contributed by atoms with E-state index in [2.05, 4.69) is 36.4 Å². The Morgan fingerprint density at radius 3 is 2.94 bits per heavy atom. The van der Waals surface area contributed by atoms with Crippen LogP contribution in [0.5, 0.6) is 0 Å². The Balaban J connectivity index is 2.16. The Hall–Kier alpha value is -0.900. The molecule has 4 nitrogen and oxygen atoms in total. The summed E-state index contributed by atoms with van der Waals surface area (Å²) in [4.78, 5) is 0. The summed E-state index contributed by atoms with van der Waals surface area (Å²) in [6.07, 6.45) is 7.35. The molecule has 1 N–H and O–H groups in total. The van der Waals surface area contributed by atoms with Gasteiger partial charge in [0.15, 0.2) is 0 Å². The lowest BCUT2D eigenvalue weighted by Crippen LogP contribution is -2.33. The molecule has 0 aromatic carbocycles. The number of aromatic nitrogens is 3. The molecule has 0 bridgehead atoms. The molecule has 18 heavy (non-hydrogen) atoms. The van der Waals surface area contributed by atoms with Crippen molar-refractivity contribution in [1.29, 1.82) is 0 Å². The maximum atomic E-state index is 4.18. The van der Waals surface area contributed by atoms with Gasteiger partial charge in [0.25, 0.3) is 0 Å². The summed E-state index contributed by atoms with van der Waals surface area (Å²) in [7, 11) is 0. The first-order chi connectivity index (χ1) is 8.76. The molecule has 1 aromatic rings. The van der Waals surface area contributed by atoms with Gasteiger partial charge in [0.2, 0.25) is 0 Å². The van der Waals surface area contributed by atoms with Crippen molar-refractivity contribution in [2.24, 2.45) is 11.8 Å². The first-order valence-electron chi connectivity index (χ1n) is 7.38. The van der Waals surface area contributed by atoms with Crippen LogP contribution in [0.25, 0.3) is 0 Å². The van der Waals surface area contributed by atoms with Crippen LogP contribution in [0, 0.1) is 11.8 Å². The Kier molecular flexibility index (Phi) is 4.75. The van der Waals surface area contributed by atoms with Gasteiger partial charge in [-0.25, -0.2) is 4.68 Å². The monoisotopic (exact) mass is 250 g/mol. The lowest BCUT2D eigenvalue weighted by molar-refractivity contribution is 0.218. The maximum absolute atomic E-state index is 4.18. The van der Waals surface area contributed by atoms with E-state index in [-0.39, 0.29) is 0 Å². The summed E-state index contributed by atoms with van der Waals surface area (Å²) >= 11 is 0. The van der Waals surface area contributed by atoms with Crippen molar-refractivity contribution in [3.05, 3.63) is 11.9 Å². The summed E-state index contributed by atoms with van der Waals surface area (Å²) < 4.78 is 2.03. The Morgan fingerprint density at radius 1 is 1.44 bits per heavy atom. The second-order valence-corrected chi connectivity index (χ2v) is 5.54. The highest BCUT2D eigenvalue weighted by atomic mass is 15.4. The van der Waals surface area contributed by atoms with E-state index in [4.69, 9.17) is 0 Å². The third-order valence-corrected chi connectivity index (χ3v) is 4.14. The first kappa shape index (κ1) is 13.5. The van der Waals surface area contributed by atoms with Gasteiger partial charge in [-0.05, 0) is 38.1 Å². The average molecular weight is 250 g/mol. The van der Waals surface area contributed by atoms with Crippen LogP contribution < -0.4 is 5.32 Å². The van der Waals surface area contributed by atoms with Crippen LogP contribution in [0.4, 0.5) is 0 Å². The summed E-state index contributed by atoms with van der Waals surface area (Å²) in [5.41, 5.74) is 1.26. The van der Waals surface area contributed by atoms with Gasteiger partial charge in [0.1, 0.15) is 0 Å². The minimum absolute atomic E-state index is 0.424. The minimum Gasteiger partial charge on any atom is -0.309 e. The predicted molar refractivity (Wildman–Crippen MR) is 73.2 cm³/mol. The van der Waals surface area contributed by atoms with Crippen molar-refractivity contribution >= 4 is 0 Å². The topological polar surface area (TPSA) is 42.7 Å². The van der Waals surface area contributed by atoms with E-state index >= 15 is 0 Å². The Morgan fingerprint density at radius 2 is 2.28 bits per heavy atom. The summed E-state index contributed by atoms with van der Waals surface area (Å²) in [5, 5.41) is 11.9. The molecule has 1 aliphatic rings. The highest BCUT2D eigenvalue weighted by molar-refractivity contribution is 5.05. The molecular weight excluding hydrogens is 224 g/mol. The van der Waals surface area contributed by atoms with Gasteiger partial charge in [-0.2, -0.15) is 0 Å². The molecular formula is C14H26N4. The van der Waals surface area contributed by atoms with Gasteiger partial charge in [-0.15, -0.1) is 5.10 Å². The number of hydrogen-bond donors (Lipinski definition) is 1. The Bertz CT molecular complexity index is 360. The number of rotatable bonds is 5. The maximum Gasteiger partial charge on any atom is 0.0759 e. The minimum atomic E-state index is 0.424. The molecule has 102 valence electrons. The van der Waals surface area contributed by atoms with Crippen LogP contribution >= 0.6 is 0 Å². The molecule has 0 spiro atoms. The fraction of sp³-hybridized carbons (Fsp3) is 0.857. The molecule has 3 unspecified atom stereocenters. The highest BCUT2D eigenvalue weighted by Crippen LogP contribution is 2.36. The van der Waals surface area contributed by atoms with Gasteiger partial charge >= 0.3 is 0 Å². The van der Waals surface area contributed by atoms with E-state index in [1.165, 1.54) is 31.4 Å². The number of hydrogen-bond acceptors (Lipinski definition) is 3. The quantitative estimate of drug-likeness (QED) is 0.874. The Labute approximate surface area is 110 Å². The molecule has 1 saturated carbocycles. The lowest BCUT2D eigenvalue weighted by atomic mass is 9.77. The van der Waals surface area contributed by atoms with E-state index in [1.54, 1.807) is 0 Å². The smallest absolute Gasteiger partial charge is 0.0759 e. The normalized spacial score (nSPS) is 26.2. The van der Waals surface area contributed by atoms with Crippen molar-refractivity contribution in [2.45, 2.75) is 59.0 Å². The van der Waals surface area contributed by atoms with Crippen LogP contribution in [0.1, 0.15) is 58.2 Å². The van der Waals surface area contributed by atoms with E-state index < -0.39 is 0 Å². The molecule has 0 amide bonds. The second kappa shape index (κ2) is 6.32. The number of nitrogens with one attached hydrogen (secondary N) is 1. The molecule has 0 aliphatic heterocycles. The van der Waals surface area contributed by atoms with Crippen molar-refractivity contribution in [3.63, 3.8) is 0 Å². The average Bonchev–Trinajstić information content (AvgIpc) is 2.84. The van der Waals surface area contributed by atoms with Gasteiger partial charge in [-0.1, -0.05) is 31.9 Å². The molecule has 0 radical (unpaired) electrons. The van der Waals surface area contributed by atoms with Crippen LogP contribution in [-0.4, -0.2) is 21.5 Å². The fourth-order valence-corrected chi connectivity index (χ4v) is 3.27. The third-order valence-electron chi connectivity index (χ3n) is 4.14. The van der Waals surface area contributed by atoms with E-state index in [9.17, 15) is 0 Å². The molecule has 2 rings (SSSR count). The second-order valence-electron chi connectivity index (χ2n) is 5.54. The summed E-state index contributed by atoms with van der Waals surface area (Å²) in [6.45, 7) is 8.60. The molecule has 3 atom stereocenters. The SMILES string of the molecule is CCNC(c1cnnn1CC)C1CCCC(C)C1. The zero-order valence-corrected chi connectivity index (χ0v) is 11.9. The van der Waals surface area contributed by atoms with Crippen molar-refractivity contribution in [3.8, 4) is 0 Å². The van der Waals surface area contributed by atoms with Crippen LogP contribution in [0.3, 0.4) is 0 Å². The van der Waals surface area contributed by atoms with Crippen LogP contribution in [0.2, 0.25) is 0 Å². The molecule has 1 aliphatic carbocycles. The van der Waals surface area contributed by atoms with Crippen LogP contribution in [0.15, 0.2) is 6.20 Å². The number of nitrogens with zero attached hydrogens (tertiary/aromatic N) is 3. The van der Waals surface area contributed by atoms with Crippen molar-refractivity contribution in [2.75, 3.05) is 6.54 Å². The zero-order valence-electron chi connectivity index (χ0n) is 11.9. The van der Waals surface area contributed by atoms with Gasteiger partial charge in [0.05, 0.1) is 17.9 Å². The predicted octanol–water partition coefficient (Wildman–Crippen LogP) is 2.77.